The molecule has 3 heterocycles. The molecule has 7 heteroatoms. The number of fused-ring (bicyclic) bond motifs is 1. The summed E-state index contributed by atoms with van der Waals surface area (Å²) in [6.45, 7) is 1.96. The monoisotopic (exact) mass is 337 g/mol. The van der Waals surface area contributed by atoms with E-state index in [2.05, 4.69) is 15.4 Å². The lowest BCUT2D eigenvalue weighted by Crippen LogP contribution is -2.25. The first-order chi connectivity index (χ1) is 12.1. The summed E-state index contributed by atoms with van der Waals surface area (Å²) in [6, 6.07) is 6.05. The van der Waals surface area contributed by atoms with Gasteiger partial charge in [0.05, 0.1) is 17.6 Å². The summed E-state index contributed by atoms with van der Waals surface area (Å²) in [5.41, 5.74) is 16.6. The normalized spacial score (nSPS) is 20.7. The minimum absolute atomic E-state index is 0.328. The summed E-state index contributed by atoms with van der Waals surface area (Å²) in [4.78, 5) is 9.07. The summed E-state index contributed by atoms with van der Waals surface area (Å²) in [5, 5.41) is 7.77. The fourth-order valence-electron chi connectivity index (χ4n) is 3.50. The Bertz CT molecular complexity index is 894. The van der Waals surface area contributed by atoms with Crippen molar-refractivity contribution < 1.29 is 0 Å². The minimum atomic E-state index is 0.328. The van der Waals surface area contributed by atoms with Crippen LogP contribution in [-0.2, 0) is 0 Å². The predicted molar refractivity (Wildman–Crippen MR) is 98.8 cm³/mol. The molecule has 7 nitrogen and oxygen atoms in total. The molecule has 3 aromatic heterocycles. The van der Waals surface area contributed by atoms with Crippen LogP contribution >= 0.6 is 0 Å². The third-order valence-corrected chi connectivity index (χ3v) is 4.83. The highest BCUT2D eigenvalue weighted by molar-refractivity contribution is 5.75. The lowest BCUT2D eigenvalue weighted by atomic mass is 9.85. The van der Waals surface area contributed by atoms with Crippen molar-refractivity contribution in [2.75, 3.05) is 11.1 Å². The van der Waals surface area contributed by atoms with Gasteiger partial charge in [-0.25, -0.2) is 9.50 Å². The first kappa shape index (κ1) is 15.8. The molecule has 0 amide bonds. The van der Waals surface area contributed by atoms with Gasteiger partial charge in [-0.15, -0.1) is 5.10 Å². The molecule has 0 aliphatic heterocycles. The zero-order valence-corrected chi connectivity index (χ0v) is 14.3. The van der Waals surface area contributed by atoms with Crippen molar-refractivity contribution in [1.29, 1.82) is 0 Å². The Morgan fingerprint density at radius 2 is 2.00 bits per heavy atom. The Morgan fingerprint density at radius 1 is 1.20 bits per heavy atom. The topological polar surface area (TPSA) is 107 Å². The van der Waals surface area contributed by atoms with E-state index >= 15 is 0 Å². The van der Waals surface area contributed by atoms with Gasteiger partial charge in [0.1, 0.15) is 5.82 Å². The van der Waals surface area contributed by atoms with E-state index in [-0.39, 0.29) is 0 Å². The quantitative estimate of drug-likeness (QED) is 0.678. The van der Waals surface area contributed by atoms with Crippen molar-refractivity contribution in [2.45, 2.75) is 44.6 Å². The first-order valence-electron chi connectivity index (χ1n) is 8.69. The van der Waals surface area contributed by atoms with Gasteiger partial charge in [-0.3, -0.25) is 4.98 Å². The number of rotatable bonds is 3. The van der Waals surface area contributed by atoms with Crippen molar-refractivity contribution >= 4 is 22.8 Å². The minimum Gasteiger partial charge on any atom is -0.382 e. The standard InChI is InChI=1S/C18H23N7/c1-11-8-14(6-7-21-11)22-15-9-17(20)24-25-10-16(23-18(15)25)12-2-4-13(19)5-3-12/h6-10,12-13H,2-5,19H2,1H3,(H2,20,24)(H,21,22). The molecule has 0 radical (unpaired) electrons. The summed E-state index contributed by atoms with van der Waals surface area (Å²) < 4.78 is 1.77. The number of nitrogens with zero attached hydrogens (tertiary/aromatic N) is 4. The number of nitrogens with one attached hydrogen (secondary N) is 1. The van der Waals surface area contributed by atoms with Gasteiger partial charge in [-0.2, -0.15) is 0 Å². The highest BCUT2D eigenvalue weighted by Crippen LogP contribution is 2.33. The zero-order chi connectivity index (χ0) is 17.4. The second-order valence-corrected chi connectivity index (χ2v) is 6.84. The molecule has 1 aliphatic carbocycles. The number of nitrogens with two attached hydrogens (primary N) is 2. The van der Waals surface area contributed by atoms with Crippen LogP contribution in [0.15, 0.2) is 30.6 Å². The lowest BCUT2D eigenvalue weighted by molar-refractivity contribution is 0.391. The summed E-state index contributed by atoms with van der Waals surface area (Å²) in [5.74, 6) is 0.897. The Labute approximate surface area is 146 Å². The molecule has 3 aromatic rings. The van der Waals surface area contributed by atoms with Gasteiger partial charge >= 0.3 is 0 Å². The van der Waals surface area contributed by atoms with E-state index in [9.17, 15) is 0 Å². The van der Waals surface area contributed by atoms with E-state index in [0.717, 1.165) is 54.1 Å². The maximum absolute atomic E-state index is 6.02. The average Bonchev–Trinajstić information content (AvgIpc) is 2.99. The van der Waals surface area contributed by atoms with Crippen LogP contribution < -0.4 is 16.8 Å². The predicted octanol–water partition coefficient (Wildman–Crippen LogP) is 2.74. The number of nitrogen functional groups attached to an aromatic ring is 1. The van der Waals surface area contributed by atoms with Gasteiger partial charge in [-0.1, -0.05) is 0 Å². The van der Waals surface area contributed by atoms with Crippen molar-refractivity contribution in [3.63, 3.8) is 0 Å². The Morgan fingerprint density at radius 3 is 2.76 bits per heavy atom. The van der Waals surface area contributed by atoms with Crippen LogP contribution in [0.2, 0.25) is 0 Å². The molecule has 25 heavy (non-hydrogen) atoms. The van der Waals surface area contributed by atoms with Gasteiger partial charge in [0.15, 0.2) is 5.65 Å². The largest absolute Gasteiger partial charge is 0.382 e. The average molecular weight is 337 g/mol. The smallest absolute Gasteiger partial charge is 0.177 e. The molecular weight excluding hydrogens is 314 g/mol. The zero-order valence-electron chi connectivity index (χ0n) is 14.3. The molecule has 130 valence electrons. The third-order valence-electron chi connectivity index (χ3n) is 4.83. The number of aromatic nitrogens is 4. The SMILES string of the molecule is Cc1cc(Nc2cc(N)nn3cc(C4CCC(N)CC4)nc23)ccn1. The molecule has 5 N–H and O–H groups in total. The molecule has 0 spiro atoms. The van der Waals surface area contributed by atoms with Gasteiger partial charge in [-0.05, 0) is 44.7 Å². The van der Waals surface area contributed by atoms with Crippen LogP contribution in [0.3, 0.4) is 0 Å². The maximum Gasteiger partial charge on any atom is 0.177 e. The van der Waals surface area contributed by atoms with E-state index in [4.69, 9.17) is 16.5 Å². The van der Waals surface area contributed by atoms with Crippen LogP contribution in [0.5, 0.6) is 0 Å². The summed E-state index contributed by atoms with van der Waals surface area (Å²) >= 11 is 0. The second kappa shape index (κ2) is 6.33. The van der Waals surface area contributed by atoms with Gasteiger partial charge in [0, 0.05) is 35.6 Å². The second-order valence-electron chi connectivity index (χ2n) is 6.84. The van der Waals surface area contributed by atoms with Crippen molar-refractivity contribution in [1.82, 2.24) is 19.6 Å². The molecule has 0 atom stereocenters. The molecule has 1 saturated carbocycles. The summed E-state index contributed by atoms with van der Waals surface area (Å²) in [6.07, 6.45) is 8.03. The van der Waals surface area contributed by atoms with E-state index in [1.54, 1.807) is 10.7 Å². The van der Waals surface area contributed by atoms with Gasteiger partial charge < -0.3 is 16.8 Å². The maximum atomic E-state index is 6.02. The molecule has 4 rings (SSSR count). The Kier molecular flexibility index (Phi) is 4.01. The molecular formula is C18H23N7. The van der Waals surface area contributed by atoms with Crippen LogP contribution in [0, 0.1) is 6.92 Å². The lowest BCUT2D eigenvalue weighted by Gasteiger charge is -2.24. The van der Waals surface area contributed by atoms with E-state index < -0.39 is 0 Å². The van der Waals surface area contributed by atoms with Crippen LogP contribution in [0.4, 0.5) is 17.2 Å². The third kappa shape index (κ3) is 3.28. The van der Waals surface area contributed by atoms with Gasteiger partial charge in [0.25, 0.3) is 0 Å². The van der Waals surface area contributed by atoms with E-state index in [1.807, 2.05) is 31.3 Å². The Hall–Kier alpha value is -2.67. The van der Waals surface area contributed by atoms with E-state index in [1.165, 1.54) is 0 Å². The van der Waals surface area contributed by atoms with Crippen LogP contribution in [-0.4, -0.2) is 25.6 Å². The van der Waals surface area contributed by atoms with Crippen molar-refractivity contribution in [3.05, 3.63) is 42.0 Å². The van der Waals surface area contributed by atoms with Crippen molar-refractivity contribution in [2.24, 2.45) is 5.73 Å². The van der Waals surface area contributed by atoms with Gasteiger partial charge in [0.2, 0.25) is 0 Å². The molecule has 0 unspecified atom stereocenters. The Balaban J connectivity index is 1.69. The number of hydrogen-bond acceptors (Lipinski definition) is 6. The number of hydrogen-bond donors (Lipinski definition) is 3. The fourth-order valence-corrected chi connectivity index (χ4v) is 3.50. The number of anilines is 3. The number of pyridine rings is 1. The molecule has 0 aromatic carbocycles. The molecule has 1 fully saturated rings. The highest BCUT2D eigenvalue weighted by Gasteiger charge is 2.23. The van der Waals surface area contributed by atoms with Crippen LogP contribution in [0.1, 0.15) is 43.0 Å². The molecule has 0 saturated heterocycles. The fraction of sp³-hybridized carbons (Fsp3) is 0.389. The number of imidazole rings is 1. The summed E-state index contributed by atoms with van der Waals surface area (Å²) in [7, 11) is 0. The van der Waals surface area contributed by atoms with Crippen molar-refractivity contribution in [3.8, 4) is 0 Å². The molecule has 0 bridgehead atoms. The highest BCUT2D eigenvalue weighted by atomic mass is 15.3. The number of aryl methyl sites for hydroxylation is 1. The van der Waals surface area contributed by atoms with E-state index in [0.29, 0.717) is 17.8 Å². The molecule has 1 aliphatic rings. The van der Waals surface area contributed by atoms with Crippen LogP contribution in [0.25, 0.3) is 5.65 Å². The first-order valence-corrected chi connectivity index (χ1v) is 8.69.